The van der Waals surface area contributed by atoms with Crippen LogP contribution in [-0.4, -0.2) is 15.5 Å². The molecule has 0 saturated heterocycles. The molecule has 0 bridgehead atoms. The summed E-state index contributed by atoms with van der Waals surface area (Å²) in [7, 11) is 0. The summed E-state index contributed by atoms with van der Waals surface area (Å²) < 4.78 is 0. The summed E-state index contributed by atoms with van der Waals surface area (Å²) in [5, 5.41) is 0.607. The van der Waals surface area contributed by atoms with Gasteiger partial charge in [0.25, 0.3) is 5.56 Å². The zero-order valence-electron chi connectivity index (χ0n) is 18.0. The van der Waals surface area contributed by atoms with E-state index >= 15 is 0 Å². The highest BCUT2D eigenvalue weighted by Crippen LogP contribution is 2.41. The number of para-hydroxylation sites is 1. The Labute approximate surface area is 181 Å². The van der Waals surface area contributed by atoms with Gasteiger partial charge < -0.3 is 9.88 Å². The van der Waals surface area contributed by atoms with Crippen LogP contribution in [0, 0.1) is 0 Å². The van der Waals surface area contributed by atoms with Crippen molar-refractivity contribution in [1.29, 1.82) is 0 Å². The highest BCUT2D eigenvalue weighted by molar-refractivity contribution is 5.85. The number of rotatable bonds is 3. The van der Waals surface area contributed by atoms with Gasteiger partial charge >= 0.3 is 0 Å². The standard InChI is InChI=1S/C27H25N3O/c1-18-16-27(2,3)30(17-19-9-5-4-6-10-19)24-14-13-20(15-22(18)24)25-28-23-12-8-7-11-21(23)26(31)29-25/h4-16H,17H2,1-3H3,(H,28,29,31). The zero-order chi connectivity index (χ0) is 21.6. The van der Waals surface area contributed by atoms with E-state index in [4.69, 9.17) is 4.98 Å². The quantitative estimate of drug-likeness (QED) is 0.467. The van der Waals surface area contributed by atoms with Gasteiger partial charge in [-0.25, -0.2) is 4.98 Å². The summed E-state index contributed by atoms with van der Waals surface area (Å²) in [6.45, 7) is 7.48. The van der Waals surface area contributed by atoms with E-state index in [-0.39, 0.29) is 11.1 Å². The van der Waals surface area contributed by atoms with Crippen LogP contribution in [0.25, 0.3) is 27.9 Å². The van der Waals surface area contributed by atoms with Gasteiger partial charge in [0.1, 0.15) is 5.82 Å². The molecule has 1 aliphatic rings. The number of aromatic amines is 1. The van der Waals surface area contributed by atoms with E-state index < -0.39 is 0 Å². The van der Waals surface area contributed by atoms with Crippen molar-refractivity contribution in [3.8, 4) is 11.4 Å². The number of fused-ring (bicyclic) bond motifs is 2. The van der Waals surface area contributed by atoms with Crippen LogP contribution < -0.4 is 10.5 Å². The lowest BCUT2D eigenvalue weighted by molar-refractivity contribution is 0.552. The number of hydrogen-bond acceptors (Lipinski definition) is 3. The van der Waals surface area contributed by atoms with Gasteiger partial charge in [0.05, 0.1) is 16.4 Å². The molecule has 154 valence electrons. The number of H-pyrrole nitrogens is 1. The SMILES string of the molecule is CC1=CC(C)(C)N(Cc2ccccc2)c2ccc(-c3nc4ccccc4c(=O)[nH]3)cc21. The molecule has 0 fully saturated rings. The van der Waals surface area contributed by atoms with Crippen LogP contribution >= 0.6 is 0 Å². The van der Waals surface area contributed by atoms with Crippen molar-refractivity contribution in [1.82, 2.24) is 9.97 Å². The molecule has 0 spiro atoms. The lowest BCUT2D eigenvalue weighted by Gasteiger charge is -2.43. The minimum absolute atomic E-state index is 0.107. The second-order valence-electron chi connectivity index (χ2n) is 8.72. The lowest BCUT2D eigenvalue weighted by atomic mass is 9.87. The number of nitrogens with zero attached hydrogens (tertiary/aromatic N) is 2. The van der Waals surface area contributed by atoms with Crippen LogP contribution in [-0.2, 0) is 6.54 Å². The number of hydrogen-bond donors (Lipinski definition) is 1. The second kappa shape index (κ2) is 7.24. The van der Waals surface area contributed by atoms with Crippen molar-refractivity contribution in [3.05, 3.63) is 100 Å². The molecule has 0 unspecified atom stereocenters. The molecule has 0 atom stereocenters. The summed E-state index contributed by atoms with van der Waals surface area (Å²) in [6, 6.07) is 24.3. The Bertz CT molecular complexity index is 1370. The number of anilines is 1. The first-order valence-corrected chi connectivity index (χ1v) is 10.6. The van der Waals surface area contributed by atoms with Crippen molar-refractivity contribution in [2.75, 3.05) is 4.90 Å². The minimum Gasteiger partial charge on any atom is -0.358 e. The van der Waals surface area contributed by atoms with Gasteiger partial charge in [0, 0.05) is 23.4 Å². The molecule has 1 aliphatic heterocycles. The predicted molar refractivity (Wildman–Crippen MR) is 128 cm³/mol. The number of nitrogens with one attached hydrogen (secondary N) is 1. The Balaban J connectivity index is 1.61. The monoisotopic (exact) mass is 407 g/mol. The van der Waals surface area contributed by atoms with E-state index in [1.165, 1.54) is 22.4 Å². The molecule has 0 radical (unpaired) electrons. The molecule has 31 heavy (non-hydrogen) atoms. The van der Waals surface area contributed by atoms with Gasteiger partial charge in [-0.1, -0.05) is 48.5 Å². The van der Waals surface area contributed by atoms with Gasteiger partial charge in [-0.2, -0.15) is 0 Å². The van der Waals surface area contributed by atoms with Crippen molar-refractivity contribution >= 4 is 22.2 Å². The van der Waals surface area contributed by atoms with E-state index in [1.807, 2.05) is 24.3 Å². The molecule has 5 rings (SSSR count). The van der Waals surface area contributed by atoms with Crippen LogP contribution in [0.3, 0.4) is 0 Å². The van der Waals surface area contributed by atoms with Crippen molar-refractivity contribution in [2.45, 2.75) is 32.9 Å². The third kappa shape index (κ3) is 3.44. The van der Waals surface area contributed by atoms with Crippen LogP contribution in [0.1, 0.15) is 31.9 Å². The Morgan fingerprint density at radius 1 is 0.968 bits per heavy atom. The van der Waals surface area contributed by atoms with E-state index in [2.05, 4.69) is 79.2 Å². The number of benzene rings is 3. The molecule has 0 aliphatic carbocycles. The highest BCUT2D eigenvalue weighted by Gasteiger charge is 2.31. The van der Waals surface area contributed by atoms with E-state index in [1.54, 1.807) is 6.07 Å². The Hall–Kier alpha value is -3.66. The zero-order valence-corrected chi connectivity index (χ0v) is 18.0. The van der Waals surface area contributed by atoms with Crippen LogP contribution in [0.4, 0.5) is 5.69 Å². The lowest BCUT2D eigenvalue weighted by Crippen LogP contribution is -2.44. The predicted octanol–water partition coefficient (Wildman–Crippen LogP) is 5.79. The van der Waals surface area contributed by atoms with Crippen molar-refractivity contribution in [2.24, 2.45) is 0 Å². The molecule has 1 N–H and O–H groups in total. The van der Waals surface area contributed by atoms with Gasteiger partial charge in [-0.05, 0) is 62.2 Å². The Morgan fingerprint density at radius 2 is 1.71 bits per heavy atom. The Morgan fingerprint density at radius 3 is 2.52 bits per heavy atom. The molecule has 3 aromatic carbocycles. The van der Waals surface area contributed by atoms with Gasteiger partial charge in [0.15, 0.2) is 0 Å². The summed E-state index contributed by atoms with van der Waals surface area (Å²) in [4.78, 5) is 22.6. The van der Waals surface area contributed by atoms with Crippen molar-refractivity contribution in [3.63, 3.8) is 0 Å². The Kier molecular flexibility index (Phi) is 4.51. The number of allylic oxidation sites excluding steroid dienone is 1. The maximum Gasteiger partial charge on any atom is 0.259 e. The van der Waals surface area contributed by atoms with E-state index in [0.29, 0.717) is 16.7 Å². The molecule has 4 heteroatoms. The average molecular weight is 408 g/mol. The molecule has 4 nitrogen and oxygen atoms in total. The van der Waals surface area contributed by atoms with Crippen molar-refractivity contribution < 1.29 is 0 Å². The first-order chi connectivity index (χ1) is 14.9. The molecular formula is C27H25N3O. The van der Waals surface area contributed by atoms with Crippen LogP contribution in [0.15, 0.2) is 83.7 Å². The summed E-state index contributed by atoms with van der Waals surface area (Å²) in [6.07, 6.45) is 2.32. The van der Waals surface area contributed by atoms with E-state index in [9.17, 15) is 4.79 Å². The normalized spacial score (nSPS) is 14.9. The molecule has 0 amide bonds. The molecule has 0 saturated carbocycles. The fourth-order valence-electron chi connectivity index (χ4n) is 4.51. The number of aromatic nitrogens is 2. The second-order valence-corrected chi connectivity index (χ2v) is 8.72. The third-order valence-corrected chi connectivity index (χ3v) is 6.05. The molecular weight excluding hydrogens is 382 g/mol. The smallest absolute Gasteiger partial charge is 0.259 e. The topological polar surface area (TPSA) is 49.0 Å². The summed E-state index contributed by atoms with van der Waals surface area (Å²) in [5.41, 5.74) is 6.27. The largest absolute Gasteiger partial charge is 0.358 e. The summed E-state index contributed by atoms with van der Waals surface area (Å²) >= 11 is 0. The maximum absolute atomic E-state index is 12.6. The third-order valence-electron chi connectivity index (χ3n) is 6.05. The minimum atomic E-state index is -0.113. The molecule has 2 heterocycles. The molecule has 1 aromatic heterocycles. The van der Waals surface area contributed by atoms with Crippen LogP contribution in [0.5, 0.6) is 0 Å². The van der Waals surface area contributed by atoms with Gasteiger partial charge in [0.2, 0.25) is 0 Å². The molecule has 4 aromatic rings. The van der Waals surface area contributed by atoms with Gasteiger partial charge in [-0.3, -0.25) is 4.79 Å². The summed E-state index contributed by atoms with van der Waals surface area (Å²) in [5.74, 6) is 0.596. The fraction of sp³-hybridized carbons (Fsp3) is 0.185. The first kappa shape index (κ1) is 19.3. The van der Waals surface area contributed by atoms with Gasteiger partial charge in [-0.15, -0.1) is 0 Å². The van der Waals surface area contributed by atoms with Crippen LogP contribution in [0.2, 0.25) is 0 Å². The highest BCUT2D eigenvalue weighted by atomic mass is 16.1. The average Bonchev–Trinajstić information content (AvgIpc) is 2.77. The van der Waals surface area contributed by atoms with E-state index in [0.717, 1.165) is 12.1 Å². The first-order valence-electron chi connectivity index (χ1n) is 10.6. The maximum atomic E-state index is 12.6. The fourth-order valence-corrected chi connectivity index (χ4v) is 4.51.